The molecule has 0 saturated heterocycles. The summed E-state index contributed by atoms with van der Waals surface area (Å²) in [7, 11) is 0. The third-order valence-electron chi connectivity index (χ3n) is 3.28. The predicted octanol–water partition coefficient (Wildman–Crippen LogP) is 3.90. The molecule has 0 fully saturated rings. The summed E-state index contributed by atoms with van der Waals surface area (Å²) in [6.45, 7) is 4.64. The molecule has 0 bridgehead atoms. The fraction of sp³-hybridized carbons (Fsp3) is 0.467. The first kappa shape index (κ1) is 14.7. The quantitative estimate of drug-likeness (QED) is 0.812. The molecule has 2 nitrogen and oxygen atoms in total. The van der Waals surface area contributed by atoms with Gasteiger partial charge in [0.25, 0.3) is 0 Å². The van der Waals surface area contributed by atoms with Crippen molar-refractivity contribution in [2.24, 2.45) is 5.92 Å². The Labute approximate surface area is 123 Å². The third kappa shape index (κ3) is 3.89. The molecule has 0 aromatic carbocycles. The summed E-state index contributed by atoms with van der Waals surface area (Å²) in [5.41, 5.74) is 0. The summed E-state index contributed by atoms with van der Waals surface area (Å²) >= 11 is 3.57. The lowest BCUT2D eigenvalue weighted by Crippen LogP contribution is -2.37. The van der Waals surface area contributed by atoms with Crippen LogP contribution in [0.2, 0.25) is 0 Å². The molecule has 2 heterocycles. The van der Waals surface area contributed by atoms with E-state index in [1.54, 1.807) is 22.7 Å². The monoisotopic (exact) mass is 295 g/mol. The van der Waals surface area contributed by atoms with E-state index in [-0.39, 0.29) is 12.6 Å². The molecule has 1 unspecified atom stereocenters. The van der Waals surface area contributed by atoms with Gasteiger partial charge in [0.05, 0.1) is 6.04 Å². The maximum atomic E-state index is 9.22. The Balaban J connectivity index is 2.19. The summed E-state index contributed by atoms with van der Waals surface area (Å²) < 4.78 is 0. The number of aliphatic hydroxyl groups excluding tert-OH is 1. The van der Waals surface area contributed by atoms with E-state index in [1.807, 2.05) is 0 Å². The number of hydrogen-bond acceptors (Lipinski definition) is 4. The van der Waals surface area contributed by atoms with Crippen LogP contribution in [0.1, 0.15) is 36.1 Å². The molecule has 0 spiro atoms. The first-order chi connectivity index (χ1) is 9.22. The van der Waals surface area contributed by atoms with Crippen LogP contribution in [0.4, 0.5) is 0 Å². The van der Waals surface area contributed by atoms with Gasteiger partial charge in [0.15, 0.2) is 0 Å². The van der Waals surface area contributed by atoms with Gasteiger partial charge in [-0.05, 0) is 35.2 Å². The van der Waals surface area contributed by atoms with Crippen molar-refractivity contribution < 1.29 is 5.11 Å². The van der Waals surface area contributed by atoms with E-state index in [0.717, 1.165) is 6.42 Å². The number of hydrogen-bond donors (Lipinski definition) is 2. The highest BCUT2D eigenvalue weighted by Crippen LogP contribution is 2.30. The van der Waals surface area contributed by atoms with Crippen LogP contribution >= 0.6 is 22.7 Å². The average Bonchev–Trinajstić information content (AvgIpc) is 3.06. The van der Waals surface area contributed by atoms with E-state index in [9.17, 15) is 5.11 Å². The zero-order valence-electron chi connectivity index (χ0n) is 11.4. The smallest absolute Gasteiger partial charge is 0.0767 e. The molecule has 0 amide bonds. The molecule has 2 aromatic heterocycles. The maximum absolute atomic E-state index is 9.22. The van der Waals surface area contributed by atoms with Gasteiger partial charge in [-0.15, -0.1) is 22.7 Å². The molecule has 104 valence electrons. The molecule has 4 heteroatoms. The number of rotatable bonds is 7. The zero-order chi connectivity index (χ0) is 13.7. The molecule has 0 aliphatic carbocycles. The molecule has 1 atom stereocenters. The van der Waals surface area contributed by atoms with Gasteiger partial charge in [-0.25, -0.2) is 0 Å². The van der Waals surface area contributed by atoms with Gasteiger partial charge in [-0.2, -0.15) is 0 Å². The molecular weight excluding hydrogens is 274 g/mol. The normalized spacial score (nSPS) is 13.3. The van der Waals surface area contributed by atoms with E-state index in [4.69, 9.17) is 0 Å². The third-order valence-corrected chi connectivity index (χ3v) is 5.16. The predicted molar refractivity (Wildman–Crippen MR) is 83.9 cm³/mol. The Hall–Kier alpha value is -0.680. The second kappa shape index (κ2) is 7.20. The Bertz CT molecular complexity index is 416. The summed E-state index contributed by atoms with van der Waals surface area (Å²) in [5.74, 6) is 0.509. The van der Waals surface area contributed by atoms with E-state index in [2.05, 4.69) is 54.2 Å². The SMILES string of the molecule is CC(C)C(CCO)NC(c1cccs1)c1cccs1. The largest absolute Gasteiger partial charge is 0.396 e. The van der Waals surface area contributed by atoms with Crippen molar-refractivity contribution in [1.29, 1.82) is 0 Å². The van der Waals surface area contributed by atoms with Crippen molar-refractivity contribution in [2.75, 3.05) is 6.61 Å². The Morgan fingerprint density at radius 3 is 2.05 bits per heavy atom. The van der Waals surface area contributed by atoms with Gasteiger partial charge in [-0.3, -0.25) is 0 Å². The highest BCUT2D eigenvalue weighted by atomic mass is 32.1. The van der Waals surface area contributed by atoms with Crippen LogP contribution in [0.5, 0.6) is 0 Å². The summed E-state index contributed by atoms with van der Waals surface area (Å²) in [6.07, 6.45) is 0.797. The first-order valence-corrected chi connectivity index (χ1v) is 8.42. The van der Waals surface area contributed by atoms with Crippen LogP contribution in [0.3, 0.4) is 0 Å². The van der Waals surface area contributed by atoms with Gasteiger partial charge in [-0.1, -0.05) is 26.0 Å². The highest BCUT2D eigenvalue weighted by Gasteiger charge is 2.22. The van der Waals surface area contributed by atoms with Gasteiger partial charge >= 0.3 is 0 Å². The van der Waals surface area contributed by atoms with Crippen LogP contribution in [0, 0.1) is 5.92 Å². The average molecular weight is 295 g/mol. The van der Waals surface area contributed by atoms with Crippen molar-refractivity contribution in [3.05, 3.63) is 44.8 Å². The van der Waals surface area contributed by atoms with Crippen molar-refractivity contribution in [2.45, 2.75) is 32.4 Å². The highest BCUT2D eigenvalue weighted by molar-refractivity contribution is 7.11. The molecule has 0 aliphatic rings. The maximum Gasteiger partial charge on any atom is 0.0767 e. The first-order valence-electron chi connectivity index (χ1n) is 6.66. The minimum Gasteiger partial charge on any atom is -0.396 e. The van der Waals surface area contributed by atoms with Crippen LogP contribution in [-0.4, -0.2) is 17.8 Å². The molecule has 2 rings (SSSR count). The van der Waals surface area contributed by atoms with E-state index < -0.39 is 0 Å². The topological polar surface area (TPSA) is 32.3 Å². The van der Waals surface area contributed by atoms with Crippen molar-refractivity contribution in [3.63, 3.8) is 0 Å². The number of thiophene rings is 2. The Kier molecular flexibility index (Phi) is 5.58. The fourth-order valence-corrected chi connectivity index (χ4v) is 3.86. The molecule has 0 saturated carbocycles. The Morgan fingerprint density at radius 1 is 1.11 bits per heavy atom. The summed E-state index contributed by atoms with van der Waals surface area (Å²) in [5, 5.41) is 17.2. The lowest BCUT2D eigenvalue weighted by atomic mass is 9.99. The molecule has 2 aromatic rings. The van der Waals surface area contributed by atoms with Crippen molar-refractivity contribution in [3.8, 4) is 0 Å². The molecule has 0 aliphatic heterocycles. The van der Waals surface area contributed by atoms with Gasteiger partial charge in [0.2, 0.25) is 0 Å². The molecule has 19 heavy (non-hydrogen) atoms. The minimum atomic E-state index is 0.234. The second-order valence-corrected chi connectivity index (χ2v) is 6.95. The molecular formula is C15H21NOS2. The summed E-state index contributed by atoms with van der Waals surface area (Å²) in [6, 6.07) is 9.13. The lowest BCUT2D eigenvalue weighted by Gasteiger charge is -2.27. The number of nitrogens with one attached hydrogen (secondary N) is 1. The van der Waals surface area contributed by atoms with Crippen molar-refractivity contribution >= 4 is 22.7 Å². The van der Waals surface area contributed by atoms with Gasteiger partial charge in [0, 0.05) is 22.4 Å². The van der Waals surface area contributed by atoms with Crippen molar-refractivity contribution in [1.82, 2.24) is 5.32 Å². The Morgan fingerprint density at radius 2 is 1.68 bits per heavy atom. The van der Waals surface area contributed by atoms with Crippen LogP contribution in [-0.2, 0) is 0 Å². The molecule has 0 radical (unpaired) electrons. The summed E-state index contributed by atoms with van der Waals surface area (Å²) in [4.78, 5) is 2.68. The fourth-order valence-electron chi connectivity index (χ4n) is 2.18. The number of aliphatic hydroxyl groups is 1. The minimum absolute atomic E-state index is 0.234. The zero-order valence-corrected chi connectivity index (χ0v) is 13.0. The van der Waals surface area contributed by atoms with Crippen LogP contribution in [0.25, 0.3) is 0 Å². The van der Waals surface area contributed by atoms with E-state index in [0.29, 0.717) is 12.0 Å². The van der Waals surface area contributed by atoms with Gasteiger partial charge < -0.3 is 10.4 Å². The van der Waals surface area contributed by atoms with E-state index in [1.165, 1.54) is 9.75 Å². The van der Waals surface area contributed by atoms with Crippen LogP contribution in [0.15, 0.2) is 35.0 Å². The molecule has 2 N–H and O–H groups in total. The second-order valence-electron chi connectivity index (χ2n) is 4.99. The lowest BCUT2D eigenvalue weighted by molar-refractivity contribution is 0.240. The standard InChI is InChI=1S/C15H21NOS2/c1-11(2)12(7-8-17)16-15(13-5-3-9-18-13)14-6-4-10-19-14/h3-6,9-12,15-17H,7-8H2,1-2H3. The van der Waals surface area contributed by atoms with E-state index >= 15 is 0 Å². The van der Waals surface area contributed by atoms with Crippen LogP contribution < -0.4 is 5.32 Å². The van der Waals surface area contributed by atoms with Gasteiger partial charge in [0.1, 0.15) is 0 Å².